The predicted molar refractivity (Wildman–Crippen MR) is 84.9 cm³/mol. The highest BCUT2D eigenvalue weighted by atomic mass is 32.2. The molecule has 0 radical (unpaired) electrons. The first-order valence-corrected chi connectivity index (χ1v) is 9.17. The molecular weight excluding hydrogens is 286 g/mol. The second-order valence-electron chi connectivity index (χ2n) is 5.44. The highest BCUT2D eigenvalue weighted by Crippen LogP contribution is 2.13. The van der Waals surface area contributed by atoms with Gasteiger partial charge >= 0.3 is 0 Å². The third-order valence-electron chi connectivity index (χ3n) is 4.11. The van der Waals surface area contributed by atoms with Crippen LogP contribution in [-0.2, 0) is 16.4 Å². The normalized spacial score (nSPS) is 18.0. The van der Waals surface area contributed by atoms with E-state index in [0.717, 1.165) is 38.3 Å². The number of likely N-dealkylation sites (N-methyl/N-ethyl adjacent to an activating group) is 1. The van der Waals surface area contributed by atoms with Crippen LogP contribution in [0.4, 0.5) is 0 Å². The molecule has 1 heterocycles. The molecule has 2 N–H and O–H groups in total. The third kappa shape index (κ3) is 4.51. The zero-order valence-corrected chi connectivity index (χ0v) is 13.5. The van der Waals surface area contributed by atoms with E-state index in [1.165, 1.54) is 0 Å². The molecule has 0 bridgehead atoms. The van der Waals surface area contributed by atoms with Gasteiger partial charge < -0.3 is 10.6 Å². The Morgan fingerprint density at radius 3 is 2.14 bits per heavy atom. The Balaban J connectivity index is 1.89. The smallest absolute Gasteiger partial charge is 0.179 e. The van der Waals surface area contributed by atoms with Crippen molar-refractivity contribution in [1.82, 2.24) is 9.80 Å². The van der Waals surface area contributed by atoms with Gasteiger partial charge in [0.1, 0.15) is 0 Å². The monoisotopic (exact) mass is 311 g/mol. The van der Waals surface area contributed by atoms with E-state index >= 15 is 0 Å². The Bertz CT molecular complexity index is 535. The zero-order valence-electron chi connectivity index (χ0n) is 12.7. The molecule has 2 rings (SSSR count). The molecule has 1 saturated heterocycles. The molecule has 0 atom stereocenters. The molecular formula is C15H25N3O2S. The Labute approximate surface area is 127 Å². The number of hydrogen-bond donors (Lipinski definition) is 1. The van der Waals surface area contributed by atoms with Crippen LogP contribution in [0.2, 0.25) is 0 Å². The molecule has 6 heteroatoms. The zero-order chi connectivity index (χ0) is 15.3. The number of hydrogen-bond acceptors (Lipinski definition) is 5. The summed E-state index contributed by atoms with van der Waals surface area (Å²) in [4.78, 5) is 5.01. The minimum absolute atomic E-state index is 0.182. The highest BCUT2D eigenvalue weighted by molar-refractivity contribution is 7.91. The van der Waals surface area contributed by atoms with Gasteiger partial charge in [0, 0.05) is 39.3 Å². The maximum Gasteiger partial charge on any atom is 0.179 e. The largest absolute Gasteiger partial charge is 0.326 e. The molecule has 1 fully saturated rings. The van der Waals surface area contributed by atoms with Crippen molar-refractivity contribution in [1.29, 1.82) is 0 Å². The fourth-order valence-electron chi connectivity index (χ4n) is 2.53. The number of rotatable bonds is 6. The lowest BCUT2D eigenvalue weighted by atomic mass is 10.2. The van der Waals surface area contributed by atoms with E-state index in [1.54, 1.807) is 24.3 Å². The summed E-state index contributed by atoms with van der Waals surface area (Å²) in [6.07, 6.45) is 0. The highest BCUT2D eigenvalue weighted by Gasteiger charge is 2.19. The molecule has 0 unspecified atom stereocenters. The molecule has 0 aliphatic carbocycles. The molecule has 1 aromatic carbocycles. The summed E-state index contributed by atoms with van der Waals surface area (Å²) in [5, 5.41) is 0. The first-order chi connectivity index (χ1) is 10.0. The van der Waals surface area contributed by atoms with Gasteiger partial charge in [-0.3, -0.25) is 4.90 Å². The predicted octanol–water partition coefficient (Wildman–Crippen LogP) is 0.557. The molecule has 118 valence electrons. The van der Waals surface area contributed by atoms with E-state index in [-0.39, 0.29) is 5.75 Å². The van der Waals surface area contributed by atoms with Crippen LogP contribution in [-0.4, -0.2) is 63.2 Å². The molecule has 5 nitrogen and oxygen atoms in total. The number of nitrogens with two attached hydrogens (primary N) is 1. The maximum atomic E-state index is 12.3. The quantitative estimate of drug-likeness (QED) is 0.831. The Kier molecular flexibility index (Phi) is 5.75. The Morgan fingerprint density at radius 1 is 1.05 bits per heavy atom. The van der Waals surface area contributed by atoms with Gasteiger partial charge in [-0.2, -0.15) is 0 Å². The molecule has 0 spiro atoms. The van der Waals surface area contributed by atoms with E-state index < -0.39 is 9.84 Å². The average Bonchev–Trinajstić information content (AvgIpc) is 2.53. The van der Waals surface area contributed by atoms with Crippen molar-refractivity contribution in [3.8, 4) is 0 Å². The van der Waals surface area contributed by atoms with Gasteiger partial charge in [0.2, 0.25) is 0 Å². The van der Waals surface area contributed by atoms with Crippen LogP contribution in [0.1, 0.15) is 12.5 Å². The van der Waals surface area contributed by atoms with E-state index in [1.807, 2.05) is 0 Å². The SMILES string of the molecule is CCN1CCN(CCS(=O)(=O)c2ccc(CN)cc2)CC1. The van der Waals surface area contributed by atoms with E-state index in [0.29, 0.717) is 18.0 Å². The summed E-state index contributed by atoms with van der Waals surface area (Å²) < 4.78 is 24.7. The van der Waals surface area contributed by atoms with Crippen molar-refractivity contribution in [2.75, 3.05) is 45.0 Å². The van der Waals surface area contributed by atoms with Gasteiger partial charge in [-0.1, -0.05) is 19.1 Å². The summed E-state index contributed by atoms with van der Waals surface area (Å²) in [5.41, 5.74) is 6.48. The third-order valence-corrected chi connectivity index (χ3v) is 5.82. The summed E-state index contributed by atoms with van der Waals surface area (Å²) in [6.45, 7) is 8.24. The van der Waals surface area contributed by atoms with Gasteiger partial charge in [0.15, 0.2) is 9.84 Å². The second kappa shape index (κ2) is 7.35. The summed E-state index contributed by atoms with van der Waals surface area (Å²) >= 11 is 0. The van der Waals surface area contributed by atoms with E-state index in [9.17, 15) is 8.42 Å². The van der Waals surface area contributed by atoms with Gasteiger partial charge in [-0.05, 0) is 24.2 Å². The van der Waals surface area contributed by atoms with Crippen LogP contribution in [0.5, 0.6) is 0 Å². The van der Waals surface area contributed by atoms with Gasteiger partial charge in [-0.15, -0.1) is 0 Å². The van der Waals surface area contributed by atoms with Crippen LogP contribution in [0.15, 0.2) is 29.2 Å². The van der Waals surface area contributed by atoms with Crippen molar-refractivity contribution in [3.63, 3.8) is 0 Å². The van der Waals surface area contributed by atoms with Gasteiger partial charge in [-0.25, -0.2) is 8.42 Å². The van der Waals surface area contributed by atoms with Crippen LogP contribution >= 0.6 is 0 Å². The van der Waals surface area contributed by atoms with Crippen molar-refractivity contribution in [2.45, 2.75) is 18.4 Å². The fraction of sp³-hybridized carbons (Fsp3) is 0.600. The number of benzene rings is 1. The molecule has 0 aromatic heterocycles. The van der Waals surface area contributed by atoms with Crippen molar-refractivity contribution < 1.29 is 8.42 Å². The van der Waals surface area contributed by atoms with Crippen molar-refractivity contribution in [3.05, 3.63) is 29.8 Å². The Morgan fingerprint density at radius 2 is 1.62 bits per heavy atom. The van der Waals surface area contributed by atoms with Gasteiger partial charge in [0.25, 0.3) is 0 Å². The van der Waals surface area contributed by atoms with Crippen molar-refractivity contribution >= 4 is 9.84 Å². The standard InChI is InChI=1S/C15H25N3O2S/c1-2-17-7-9-18(10-8-17)11-12-21(19,20)15-5-3-14(13-16)4-6-15/h3-6H,2,7-13,16H2,1H3. The lowest BCUT2D eigenvalue weighted by Gasteiger charge is -2.33. The van der Waals surface area contributed by atoms with Crippen LogP contribution in [0, 0.1) is 0 Å². The summed E-state index contributed by atoms with van der Waals surface area (Å²) in [5.74, 6) is 0.182. The van der Waals surface area contributed by atoms with E-state index in [4.69, 9.17) is 5.73 Å². The number of nitrogens with zero attached hydrogens (tertiary/aromatic N) is 2. The molecule has 0 amide bonds. The molecule has 1 aliphatic heterocycles. The first-order valence-electron chi connectivity index (χ1n) is 7.51. The second-order valence-corrected chi connectivity index (χ2v) is 7.55. The lowest BCUT2D eigenvalue weighted by molar-refractivity contribution is 0.143. The molecule has 1 aromatic rings. The Hall–Kier alpha value is -0.950. The van der Waals surface area contributed by atoms with Crippen LogP contribution in [0.25, 0.3) is 0 Å². The molecule has 1 aliphatic rings. The minimum Gasteiger partial charge on any atom is -0.326 e. The van der Waals surface area contributed by atoms with Crippen LogP contribution in [0.3, 0.4) is 0 Å². The summed E-state index contributed by atoms with van der Waals surface area (Å²) in [7, 11) is -3.20. The minimum atomic E-state index is -3.20. The number of sulfone groups is 1. The van der Waals surface area contributed by atoms with Crippen LogP contribution < -0.4 is 5.73 Å². The van der Waals surface area contributed by atoms with Gasteiger partial charge in [0.05, 0.1) is 10.6 Å². The fourth-order valence-corrected chi connectivity index (χ4v) is 3.81. The number of piperazine rings is 1. The maximum absolute atomic E-state index is 12.3. The van der Waals surface area contributed by atoms with Crippen molar-refractivity contribution in [2.24, 2.45) is 5.73 Å². The lowest BCUT2D eigenvalue weighted by Crippen LogP contribution is -2.47. The molecule has 21 heavy (non-hydrogen) atoms. The first kappa shape index (κ1) is 16.4. The molecule has 0 saturated carbocycles. The van der Waals surface area contributed by atoms with E-state index in [2.05, 4.69) is 16.7 Å². The topological polar surface area (TPSA) is 66.6 Å². The average molecular weight is 311 g/mol. The summed E-state index contributed by atoms with van der Waals surface area (Å²) in [6, 6.07) is 6.89.